The summed E-state index contributed by atoms with van der Waals surface area (Å²) in [5.41, 5.74) is 0.768. The smallest absolute Gasteiger partial charge is 0.323 e. The summed E-state index contributed by atoms with van der Waals surface area (Å²) in [6.07, 6.45) is 2.28. The lowest BCUT2D eigenvalue weighted by Crippen LogP contribution is -2.37. The Bertz CT molecular complexity index is 1780. The average Bonchev–Trinajstić information content (AvgIpc) is 3.49. The van der Waals surface area contributed by atoms with Crippen LogP contribution in [0.5, 0.6) is 0 Å². The van der Waals surface area contributed by atoms with Crippen molar-refractivity contribution in [3.63, 3.8) is 0 Å². The molecule has 0 unspecified atom stereocenters. The third-order valence-electron chi connectivity index (χ3n) is 5.90. The van der Waals surface area contributed by atoms with E-state index in [1.54, 1.807) is 6.08 Å². The first kappa shape index (κ1) is 31.0. The molecular weight excluding hydrogens is 635 g/mol. The summed E-state index contributed by atoms with van der Waals surface area (Å²) in [6.45, 7) is 0.697. The summed E-state index contributed by atoms with van der Waals surface area (Å²) in [4.78, 5) is 53.1. The molecule has 2 aliphatic heterocycles. The zero-order chi connectivity index (χ0) is 30.1. The van der Waals surface area contributed by atoms with Crippen molar-refractivity contribution in [3.8, 4) is 0 Å². The van der Waals surface area contributed by atoms with Gasteiger partial charge < -0.3 is 15.1 Å². The van der Waals surface area contributed by atoms with Gasteiger partial charge in [0.05, 0.1) is 21.0 Å². The molecule has 3 heterocycles. The van der Waals surface area contributed by atoms with Crippen LogP contribution in [0.25, 0.3) is 10.5 Å². The number of thiocarbonyl (C=S) groups is 1. The maximum absolute atomic E-state index is 13.6. The van der Waals surface area contributed by atoms with Crippen LogP contribution in [0.4, 0.5) is 5.69 Å². The number of benzene rings is 1. The van der Waals surface area contributed by atoms with Crippen molar-refractivity contribution < 1.29 is 37.6 Å². The maximum atomic E-state index is 13.6. The number of aromatic nitrogens is 1. The molecule has 41 heavy (non-hydrogen) atoms. The number of thioether (sulfide) groups is 2. The molecule has 0 saturated carbocycles. The number of thiazole rings is 1. The minimum atomic E-state index is -4.15. The molecule has 1 fully saturated rings. The molecule has 0 radical (unpaired) electrons. The molecule has 218 valence electrons. The van der Waals surface area contributed by atoms with Gasteiger partial charge in [0, 0.05) is 11.4 Å². The Morgan fingerprint density at radius 3 is 2.37 bits per heavy atom. The lowest BCUT2D eigenvalue weighted by atomic mass is 10.2. The number of carboxylic acids is 2. The zero-order valence-electron chi connectivity index (χ0n) is 21.3. The van der Waals surface area contributed by atoms with Gasteiger partial charge in [-0.15, -0.1) is 11.3 Å². The van der Waals surface area contributed by atoms with E-state index in [0.29, 0.717) is 17.0 Å². The van der Waals surface area contributed by atoms with Gasteiger partial charge in [0.2, 0.25) is 0 Å². The van der Waals surface area contributed by atoms with Crippen LogP contribution in [-0.4, -0.2) is 73.7 Å². The number of hydrogen-bond acceptors (Lipinski definition) is 11. The number of nitrogens with zero attached hydrogens (tertiary/aromatic N) is 3. The molecule has 0 spiro atoms. The molecule has 0 bridgehead atoms. The van der Waals surface area contributed by atoms with Crippen LogP contribution in [0.3, 0.4) is 0 Å². The topological polar surface area (TPSA) is 175 Å². The normalized spacial score (nSPS) is 18.3. The first-order valence-electron chi connectivity index (χ1n) is 12.0. The molecule has 1 aromatic heterocycles. The van der Waals surface area contributed by atoms with Crippen molar-refractivity contribution in [2.75, 3.05) is 23.7 Å². The minimum absolute atomic E-state index is 0.0147. The predicted octanol–water partition coefficient (Wildman–Crippen LogP) is 1.34. The second kappa shape index (κ2) is 12.5. The number of allylic oxidation sites excluding steroid dienone is 1. The first-order chi connectivity index (χ1) is 19.3. The molecule has 1 saturated heterocycles. The first-order valence-corrected chi connectivity index (χ1v) is 16.4. The third kappa shape index (κ3) is 6.92. The second-order valence-electron chi connectivity index (χ2n) is 8.73. The van der Waals surface area contributed by atoms with E-state index < -0.39 is 52.4 Å². The third-order valence-corrected chi connectivity index (χ3v) is 10.6. The summed E-state index contributed by atoms with van der Waals surface area (Å²) >= 11 is 8.32. The Balaban J connectivity index is 1.88. The van der Waals surface area contributed by atoms with Gasteiger partial charge in [0.1, 0.15) is 27.0 Å². The highest BCUT2D eigenvalue weighted by atomic mass is 32.2. The Hall–Kier alpha value is -2.96. The van der Waals surface area contributed by atoms with Crippen molar-refractivity contribution in [1.29, 1.82) is 0 Å². The van der Waals surface area contributed by atoms with Crippen LogP contribution in [0.15, 0.2) is 45.1 Å². The number of anilines is 1. The number of hydrogen-bond donors (Lipinski definition) is 3. The highest BCUT2D eigenvalue weighted by Gasteiger charge is 2.35. The number of fused-ring (bicyclic) bond motifs is 1. The minimum Gasteiger partial charge on any atom is -0.480 e. The molecule has 0 aliphatic carbocycles. The van der Waals surface area contributed by atoms with Gasteiger partial charge >= 0.3 is 11.9 Å². The van der Waals surface area contributed by atoms with Crippen molar-refractivity contribution in [3.05, 3.63) is 54.9 Å². The van der Waals surface area contributed by atoms with E-state index in [0.717, 1.165) is 43.1 Å². The summed E-state index contributed by atoms with van der Waals surface area (Å²) < 4.78 is 33.0. The van der Waals surface area contributed by atoms with Crippen molar-refractivity contribution >= 4 is 95.5 Å². The molecular formula is C24H23N3O9S5. The van der Waals surface area contributed by atoms with E-state index in [1.165, 1.54) is 11.8 Å². The van der Waals surface area contributed by atoms with Crippen LogP contribution >= 0.6 is 47.1 Å². The number of carboxylic acid groups (broad SMARTS) is 2. The molecule has 12 nitrogen and oxygen atoms in total. The number of para-hydroxylation sites is 1. The molecule has 4 rings (SSSR count). The maximum Gasteiger partial charge on any atom is 0.323 e. The molecule has 1 aromatic carbocycles. The Labute approximate surface area is 251 Å². The SMILES string of the molecule is CCC(C=C1Sc2ccccc2N1CCCS(=O)(=O)O)=c1sc(=C2SC(=S)N(CC(=O)O)C2=O)n(CC(=O)O)c1=O. The summed E-state index contributed by atoms with van der Waals surface area (Å²) in [5, 5.41) is 19.3. The summed E-state index contributed by atoms with van der Waals surface area (Å²) in [7, 11) is -4.15. The number of carbonyl (C=O) groups excluding carboxylic acids is 1. The Morgan fingerprint density at radius 1 is 1.05 bits per heavy atom. The van der Waals surface area contributed by atoms with Crippen LogP contribution in [0, 0.1) is 0 Å². The quantitative estimate of drug-likeness (QED) is 0.247. The molecule has 0 atom stereocenters. The van der Waals surface area contributed by atoms with Crippen molar-refractivity contribution in [2.24, 2.45) is 0 Å². The number of carbonyl (C=O) groups is 3. The lowest BCUT2D eigenvalue weighted by Gasteiger charge is -2.20. The van der Waals surface area contributed by atoms with Gasteiger partial charge in [-0.1, -0.05) is 54.8 Å². The fourth-order valence-electron chi connectivity index (χ4n) is 4.13. The molecule has 2 aromatic rings. The van der Waals surface area contributed by atoms with Crippen molar-refractivity contribution in [2.45, 2.75) is 31.2 Å². The fourth-order valence-corrected chi connectivity index (χ4v) is 8.42. The van der Waals surface area contributed by atoms with Gasteiger partial charge in [-0.25, -0.2) is 0 Å². The summed E-state index contributed by atoms with van der Waals surface area (Å²) in [6, 6.07) is 7.47. The number of rotatable bonds is 10. The lowest BCUT2D eigenvalue weighted by molar-refractivity contribution is -0.140. The molecule has 17 heteroatoms. The fraction of sp³-hybridized carbons (Fsp3) is 0.292. The number of amides is 1. The second-order valence-corrected chi connectivity index (χ2v) is 14.0. The zero-order valence-corrected chi connectivity index (χ0v) is 25.4. The van der Waals surface area contributed by atoms with Gasteiger partial charge in [0.15, 0.2) is 0 Å². The Morgan fingerprint density at radius 2 is 1.73 bits per heavy atom. The number of aliphatic carboxylic acids is 2. The van der Waals surface area contributed by atoms with Gasteiger partial charge in [-0.2, -0.15) is 8.42 Å². The van der Waals surface area contributed by atoms with E-state index in [9.17, 15) is 37.3 Å². The van der Waals surface area contributed by atoms with Crippen LogP contribution in [-0.2, 0) is 31.0 Å². The molecule has 1 amide bonds. The Kier molecular flexibility index (Phi) is 9.45. The van der Waals surface area contributed by atoms with Gasteiger partial charge in [-0.3, -0.25) is 33.2 Å². The van der Waals surface area contributed by atoms with E-state index >= 15 is 0 Å². The standard InChI is InChI=1S/C24H23N3O9S5/c1-2-13(10-16-25(8-5-9-41(34,35)36)14-6-3-4-7-15(14)38-16)19-21(32)26(11-17(28)29)23(39-19)20-22(33)27(12-18(30)31)24(37)40-20/h3-4,6-7,10H,2,5,8-9,11-12H2,1H3,(H,28,29)(H,30,31)(H,34,35,36). The van der Waals surface area contributed by atoms with Crippen molar-refractivity contribution in [1.82, 2.24) is 9.47 Å². The van der Waals surface area contributed by atoms with Crippen LogP contribution in [0.1, 0.15) is 19.8 Å². The van der Waals surface area contributed by atoms with Crippen LogP contribution < -0.4 is 19.7 Å². The molecule has 2 aliphatic rings. The molecule has 3 N–H and O–H groups in total. The summed E-state index contributed by atoms with van der Waals surface area (Å²) in [5.74, 6) is -3.73. The van der Waals surface area contributed by atoms with E-state index in [1.807, 2.05) is 36.1 Å². The van der Waals surface area contributed by atoms with Gasteiger partial charge in [0.25, 0.3) is 21.6 Å². The van der Waals surface area contributed by atoms with E-state index in [2.05, 4.69) is 0 Å². The predicted molar refractivity (Wildman–Crippen MR) is 161 cm³/mol. The highest BCUT2D eigenvalue weighted by molar-refractivity contribution is 8.30. The van der Waals surface area contributed by atoms with Crippen LogP contribution in [0.2, 0.25) is 0 Å². The van der Waals surface area contributed by atoms with E-state index in [4.69, 9.17) is 17.3 Å². The average molecular weight is 658 g/mol. The van der Waals surface area contributed by atoms with E-state index in [-0.39, 0.29) is 31.4 Å². The monoisotopic (exact) mass is 657 g/mol. The van der Waals surface area contributed by atoms with Gasteiger partial charge in [-0.05, 0) is 36.6 Å². The highest BCUT2D eigenvalue weighted by Crippen LogP contribution is 2.46. The largest absolute Gasteiger partial charge is 0.480 e.